The van der Waals surface area contributed by atoms with E-state index in [9.17, 15) is 18.4 Å². The maximum atomic E-state index is 13.5. The van der Waals surface area contributed by atoms with Crippen molar-refractivity contribution in [2.75, 3.05) is 7.05 Å². The Morgan fingerprint density at radius 1 is 1.17 bits per heavy atom. The zero-order chi connectivity index (χ0) is 18.7. The zero-order valence-electron chi connectivity index (χ0n) is 14.2. The number of likely N-dealkylation sites (N-methyl/N-ethyl adjacent to an activating group) is 1. The van der Waals surface area contributed by atoms with Gasteiger partial charge in [0.1, 0.15) is 11.1 Å². The third kappa shape index (κ3) is 5.57. The molecule has 0 aliphatic carbocycles. The summed E-state index contributed by atoms with van der Waals surface area (Å²) >= 11 is 1.85. The van der Waals surface area contributed by atoms with Gasteiger partial charge in [0.05, 0.1) is 0 Å². The van der Waals surface area contributed by atoms with E-state index in [1.807, 2.05) is 22.6 Å². The average molecular weight is 454 g/mol. The van der Waals surface area contributed by atoms with E-state index in [0.717, 1.165) is 12.1 Å². The molecule has 8 heteroatoms. The first-order valence-electron chi connectivity index (χ1n) is 7.25. The fourth-order valence-corrected chi connectivity index (χ4v) is 2.69. The highest BCUT2D eigenvalue weighted by molar-refractivity contribution is 14.1. The van der Waals surface area contributed by atoms with Gasteiger partial charge in [-0.25, -0.2) is 13.6 Å². The molecule has 5 nitrogen and oxygen atoms in total. The normalized spacial score (nSPS) is 13.8. The molecule has 24 heavy (non-hydrogen) atoms. The van der Waals surface area contributed by atoms with Gasteiger partial charge in [-0.2, -0.15) is 0 Å². The van der Waals surface area contributed by atoms with Gasteiger partial charge in [-0.1, -0.05) is 0 Å². The van der Waals surface area contributed by atoms with Crippen molar-refractivity contribution in [2.45, 2.75) is 45.3 Å². The molecule has 0 spiro atoms. The van der Waals surface area contributed by atoms with Crippen molar-refractivity contribution in [3.63, 3.8) is 0 Å². The van der Waals surface area contributed by atoms with Crippen LogP contribution in [0, 0.1) is 15.2 Å². The number of hydrogen-bond acceptors (Lipinski definition) is 3. The minimum absolute atomic E-state index is 0.0264. The van der Waals surface area contributed by atoms with Crippen LogP contribution in [-0.4, -0.2) is 30.2 Å². The minimum atomic E-state index is -1.39. The summed E-state index contributed by atoms with van der Waals surface area (Å²) in [4.78, 5) is 24.3. The fourth-order valence-electron chi connectivity index (χ4n) is 2.07. The van der Waals surface area contributed by atoms with E-state index >= 15 is 0 Å². The van der Waals surface area contributed by atoms with E-state index in [2.05, 4.69) is 10.6 Å². The van der Waals surface area contributed by atoms with Gasteiger partial charge >= 0.3 is 6.09 Å². The van der Waals surface area contributed by atoms with Gasteiger partial charge in [0.2, 0.25) is 5.91 Å². The Bertz CT molecular complexity index is 647. The number of ether oxygens (including phenoxy) is 1. The highest BCUT2D eigenvalue weighted by Gasteiger charge is 2.36. The van der Waals surface area contributed by atoms with Crippen LogP contribution < -0.4 is 10.6 Å². The first-order chi connectivity index (χ1) is 10.9. The summed E-state index contributed by atoms with van der Waals surface area (Å²) in [6, 6.07) is 2.07. The first-order valence-corrected chi connectivity index (χ1v) is 8.32. The molecule has 134 valence electrons. The Hall–Kier alpha value is -1.45. The second-order valence-corrected chi connectivity index (χ2v) is 7.73. The van der Waals surface area contributed by atoms with E-state index in [1.54, 1.807) is 20.8 Å². The molecule has 0 bridgehead atoms. The van der Waals surface area contributed by atoms with Gasteiger partial charge in [-0.15, -0.1) is 0 Å². The third-order valence-electron chi connectivity index (χ3n) is 3.14. The van der Waals surface area contributed by atoms with E-state index in [-0.39, 0.29) is 6.42 Å². The van der Waals surface area contributed by atoms with Crippen LogP contribution in [0.4, 0.5) is 13.6 Å². The van der Waals surface area contributed by atoms with Crippen molar-refractivity contribution in [1.29, 1.82) is 0 Å². The standard InChI is InChI=1S/C16H21F2IN2O3/c1-15(2,3)24-14(23)21-16(4,13(22)20-5)8-9-6-10(17)11(18)7-12(9)19/h6-7H,8H2,1-5H3,(H,20,22)(H,21,23). The molecule has 1 atom stereocenters. The molecule has 0 saturated heterocycles. The molecule has 0 aromatic heterocycles. The predicted octanol–water partition coefficient (Wildman–Crippen LogP) is 3.14. The van der Waals surface area contributed by atoms with Crippen LogP contribution in [0.25, 0.3) is 0 Å². The maximum Gasteiger partial charge on any atom is 0.408 e. The topological polar surface area (TPSA) is 67.4 Å². The quantitative estimate of drug-likeness (QED) is 0.543. The van der Waals surface area contributed by atoms with Gasteiger partial charge in [0, 0.05) is 17.0 Å². The van der Waals surface area contributed by atoms with Gasteiger partial charge in [0.25, 0.3) is 0 Å². The molecule has 0 radical (unpaired) electrons. The summed E-state index contributed by atoms with van der Waals surface area (Å²) in [5.41, 5.74) is -1.72. The Morgan fingerprint density at radius 2 is 1.71 bits per heavy atom. The third-order valence-corrected chi connectivity index (χ3v) is 4.14. The number of hydrogen-bond donors (Lipinski definition) is 2. The van der Waals surface area contributed by atoms with Crippen LogP contribution >= 0.6 is 22.6 Å². The predicted molar refractivity (Wildman–Crippen MR) is 94.6 cm³/mol. The van der Waals surface area contributed by atoms with Crippen molar-refractivity contribution in [3.8, 4) is 0 Å². The first kappa shape index (κ1) is 20.6. The highest BCUT2D eigenvalue weighted by Crippen LogP contribution is 2.23. The minimum Gasteiger partial charge on any atom is -0.444 e. The van der Waals surface area contributed by atoms with Crippen LogP contribution in [0.2, 0.25) is 0 Å². The Morgan fingerprint density at radius 3 is 2.21 bits per heavy atom. The smallest absolute Gasteiger partial charge is 0.408 e. The van der Waals surface area contributed by atoms with Crippen LogP contribution in [-0.2, 0) is 16.0 Å². The van der Waals surface area contributed by atoms with E-state index in [0.29, 0.717) is 9.13 Å². The van der Waals surface area contributed by atoms with Crippen LogP contribution in [0.1, 0.15) is 33.3 Å². The molecule has 1 aromatic rings. The Labute approximate surface area is 153 Å². The second kappa shape index (κ2) is 7.62. The van der Waals surface area contributed by atoms with Crippen molar-refractivity contribution in [3.05, 3.63) is 32.9 Å². The van der Waals surface area contributed by atoms with Crippen molar-refractivity contribution in [1.82, 2.24) is 10.6 Å². The molecule has 1 aromatic carbocycles. The number of halogens is 3. The SMILES string of the molecule is CNC(=O)C(C)(Cc1cc(F)c(F)cc1I)NC(=O)OC(C)(C)C. The van der Waals surface area contributed by atoms with Crippen molar-refractivity contribution < 1.29 is 23.1 Å². The monoisotopic (exact) mass is 454 g/mol. The van der Waals surface area contributed by atoms with Gasteiger partial charge in [-0.05, 0) is 68.0 Å². The fraction of sp³-hybridized carbons (Fsp3) is 0.500. The number of carbonyl (C=O) groups is 2. The molecular weight excluding hydrogens is 433 g/mol. The Kier molecular flexibility index (Phi) is 6.54. The number of carbonyl (C=O) groups excluding carboxylic acids is 2. The lowest BCUT2D eigenvalue weighted by Gasteiger charge is -2.31. The summed E-state index contributed by atoms with van der Waals surface area (Å²) in [6.45, 7) is 6.58. The second-order valence-electron chi connectivity index (χ2n) is 6.57. The molecule has 2 N–H and O–H groups in total. The molecule has 0 heterocycles. The number of benzene rings is 1. The van der Waals surface area contributed by atoms with Gasteiger partial charge in [-0.3, -0.25) is 4.79 Å². The van der Waals surface area contributed by atoms with E-state index in [4.69, 9.17) is 4.74 Å². The highest BCUT2D eigenvalue weighted by atomic mass is 127. The molecular formula is C16H21F2IN2O3. The number of rotatable bonds is 4. The molecule has 0 fully saturated rings. The Balaban J connectivity index is 3.11. The van der Waals surface area contributed by atoms with Crippen LogP contribution in [0.3, 0.4) is 0 Å². The molecule has 1 unspecified atom stereocenters. The molecule has 0 aliphatic heterocycles. The summed E-state index contributed by atoms with van der Waals surface area (Å²) in [5, 5.41) is 4.98. The average Bonchev–Trinajstić information content (AvgIpc) is 2.41. The molecule has 0 saturated carbocycles. The van der Waals surface area contributed by atoms with Gasteiger partial charge in [0.15, 0.2) is 11.6 Å². The molecule has 2 amide bonds. The lowest BCUT2D eigenvalue weighted by atomic mass is 9.91. The summed E-state index contributed by atoms with van der Waals surface area (Å²) < 4.78 is 32.4. The van der Waals surface area contributed by atoms with Crippen LogP contribution in [0.15, 0.2) is 12.1 Å². The van der Waals surface area contributed by atoms with E-state index < -0.39 is 34.8 Å². The van der Waals surface area contributed by atoms with Gasteiger partial charge < -0.3 is 15.4 Å². The number of amides is 2. The summed E-state index contributed by atoms with van der Waals surface area (Å²) in [5.74, 6) is -2.46. The van der Waals surface area contributed by atoms with Crippen LogP contribution in [0.5, 0.6) is 0 Å². The number of nitrogens with one attached hydrogen (secondary N) is 2. The largest absolute Gasteiger partial charge is 0.444 e. The lowest BCUT2D eigenvalue weighted by Crippen LogP contribution is -2.58. The summed E-state index contributed by atoms with van der Waals surface area (Å²) in [6.07, 6.45) is -0.798. The summed E-state index contributed by atoms with van der Waals surface area (Å²) in [7, 11) is 1.42. The molecule has 1 rings (SSSR count). The zero-order valence-corrected chi connectivity index (χ0v) is 16.4. The van der Waals surface area contributed by atoms with E-state index in [1.165, 1.54) is 14.0 Å². The van der Waals surface area contributed by atoms with Crippen molar-refractivity contribution in [2.24, 2.45) is 0 Å². The number of alkyl carbamates (subject to hydrolysis) is 1. The maximum absolute atomic E-state index is 13.5. The van der Waals surface area contributed by atoms with Crippen molar-refractivity contribution >= 4 is 34.6 Å². The lowest BCUT2D eigenvalue weighted by molar-refractivity contribution is -0.126. The molecule has 0 aliphatic rings.